The van der Waals surface area contributed by atoms with Gasteiger partial charge in [0.05, 0.1) is 0 Å². The quantitative estimate of drug-likeness (QED) is 0.727. The Balaban J connectivity index is 0.00000144. The molecular formula is C14H13BrOZn. The van der Waals surface area contributed by atoms with Crippen LogP contribution in [0.1, 0.15) is 11.1 Å². The summed E-state index contributed by atoms with van der Waals surface area (Å²) >= 11 is 1.29. The molecular weight excluding hydrogens is 329 g/mol. The van der Waals surface area contributed by atoms with E-state index in [1.54, 1.807) is 0 Å². The number of halogens is 1. The molecule has 2 aromatic carbocycles. The van der Waals surface area contributed by atoms with E-state index in [0.717, 1.165) is 5.75 Å². The summed E-state index contributed by atoms with van der Waals surface area (Å²) in [6.07, 6.45) is 0. The third-order valence-corrected chi connectivity index (χ3v) is 3.65. The van der Waals surface area contributed by atoms with E-state index in [9.17, 15) is 0 Å². The van der Waals surface area contributed by atoms with Gasteiger partial charge in [-0.3, -0.25) is 0 Å². The Kier molecular flexibility index (Phi) is 6.46. The van der Waals surface area contributed by atoms with Crippen LogP contribution in [0.15, 0.2) is 54.6 Å². The first-order valence-electron chi connectivity index (χ1n) is 5.43. The second-order valence-corrected chi connectivity index (χ2v) is 4.72. The molecule has 0 N–H and O–H groups in total. The van der Waals surface area contributed by atoms with E-state index in [1.165, 1.54) is 34.4 Å². The number of hydrogen-bond donors (Lipinski definition) is 0. The van der Waals surface area contributed by atoms with Crippen molar-refractivity contribution < 1.29 is 40.0 Å². The van der Waals surface area contributed by atoms with Crippen LogP contribution in [0.3, 0.4) is 0 Å². The van der Waals surface area contributed by atoms with Gasteiger partial charge in [-0.05, 0) is 0 Å². The van der Waals surface area contributed by atoms with E-state index in [0.29, 0.717) is 6.61 Å². The Bertz CT molecular complexity index is 445. The van der Waals surface area contributed by atoms with Gasteiger partial charge in [-0.25, -0.2) is 0 Å². The first-order chi connectivity index (χ1) is 7.88. The molecule has 17 heavy (non-hydrogen) atoms. The van der Waals surface area contributed by atoms with Crippen LogP contribution in [0.2, 0.25) is 0 Å². The van der Waals surface area contributed by atoms with Crippen LogP contribution in [-0.2, 0) is 29.9 Å². The maximum absolute atomic E-state index is 5.75. The maximum atomic E-state index is 5.75. The fraction of sp³-hybridized carbons (Fsp3) is 0.143. The van der Waals surface area contributed by atoms with Gasteiger partial charge in [0.1, 0.15) is 0 Å². The predicted octanol–water partition coefficient (Wildman–Crippen LogP) is 0.316. The zero-order chi connectivity index (χ0) is 11.2. The number of ether oxygens (including phenoxy) is 1. The zero-order valence-corrected chi connectivity index (χ0v) is 14.2. The summed E-state index contributed by atoms with van der Waals surface area (Å²) in [6.45, 7) is 0.643. The van der Waals surface area contributed by atoms with Crippen LogP contribution in [-0.4, -0.2) is 0 Å². The summed E-state index contributed by atoms with van der Waals surface area (Å²) in [7, 11) is 0. The minimum absolute atomic E-state index is 0. The monoisotopic (exact) mass is 340 g/mol. The summed E-state index contributed by atoms with van der Waals surface area (Å²) in [5.74, 6) is 0.967. The van der Waals surface area contributed by atoms with Crippen LogP contribution in [0.4, 0.5) is 0 Å². The van der Waals surface area contributed by atoms with Gasteiger partial charge < -0.3 is 17.0 Å². The third kappa shape index (κ3) is 4.61. The van der Waals surface area contributed by atoms with E-state index in [2.05, 4.69) is 30.3 Å². The summed E-state index contributed by atoms with van der Waals surface area (Å²) < 4.78 is 5.75. The van der Waals surface area contributed by atoms with Crippen molar-refractivity contribution in [3.8, 4) is 5.75 Å². The van der Waals surface area contributed by atoms with E-state index in [-0.39, 0.29) is 17.0 Å². The Morgan fingerprint density at radius 2 is 1.59 bits per heavy atom. The van der Waals surface area contributed by atoms with E-state index in [1.807, 2.05) is 24.3 Å². The average molecular weight is 343 g/mol. The van der Waals surface area contributed by atoms with Gasteiger partial charge >= 0.3 is 106 Å². The second-order valence-electron chi connectivity index (χ2n) is 3.67. The molecule has 0 saturated carbocycles. The molecule has 0 unspecified atom stereocenters. The van der Waals surface area contributed by atoms with Gasteiger partial charge in [-0.1, -0.05) is 0 Å². The van der Waals surface area contributed by atoms with Gasteiger partial charge in [0.25, 0.3) is 0 Å². The van der Waals surface area contributed by atoms with E-state index in [4.69, 9.17) is 4.74 Å². The van der Waals surface area contributed by atoms with E-state index >= 15 is 0 Å². The van der Waals surface area contributed by atoms with Crippen molar-refractivity contribution >= 4 is 0 Å². The fourth-order valence-electron chi connectivity index (χ4n) is 1.53. The minimum atomic E-state index is 0. The molecule has 0 heterocycles. The number of rotatable bonds is 4. The summed E-state index contributed by atoms with van der Waals surface area (Å²) in [4.78, 5) is 0. The average Bonchev–Trinajstić information content (AvgIpc) is 2.38. The molecule has 0 aliphatic heterocycles. The van der Waals surface area contributed by atoms with Crippen molar-refractivity contribution in [2.24, 2.45) is 0 Å². The van der Waals surface area contributed by atoms with Gasteiger partial charge in [0.2, 0.25) is 0 Å². The van der Waals surface area contributed by atoms with E-state index < -0.39 is 0 Å². The van der Waals surface area contributed by atoms with Crippen molar-refractivity contribution in [2.45, 2.75) is 11.6 Å². The standard InChI is InChI=1S/C14H13O.BrH.Zn/c1-12-6-5-9-14(10-12)15-11-13-7-3-2-4-8-13;;/h2-10H,1,11H2;1H;/q;;+1/p-1. The van der Waals surface area contributed by atoms with Gasteiger partial charge in [0, 0.05) is 0 Å². The van der Waals surface area contributed by atoms with Gasteiger partial charge in [-0.2, -0.15) is 0 Å². The van der Waals surface area contributed by atoms with Crippen LogP contribution >= 0.6 is 0 Å². The van der Waals surface area contributed by atoms with Crippen LogP contribution < -0.4 is 21.7 Å². The molecule has 0 saturated heterocycles. The molecule has 0 bridgehead atoms. The fourth-order valence-corrected chi connectivity index (χ4v) is 2.18. The molecule has 0 fully saturated rings. The van der Waals surface area contributed by atoms with Crippen LogP contribution in [0, 0.1) is 0 Å². The Labute approximate surface area is 123 Å². The van der Waals surface area contributed by atoms with Crippen molar-refractivity contribution in [1.82, 2.24) is 0 Å². The van der Waals surface area contributed by atoms with Crippen molar-refractivity contribution in [1.29, 1.82) is 0 Å². The molecule has 84 valence electrons. The Morgan fingerprint density at radius 1 is 0.882 bits per heavy atom. The zero-order valence-electron chi connectivity index (χ0n) is 9.60. The van der Waals surface area contributed by atoms with Gasteiger partial charge in [-0.15, -0.1) is 0 Å². The Hall–Kier alpha value is -0.657. The third-order valence-electron chi connectivity index (χ3n) is 2.44. The molecule has 1 nitrogen and oxygen atoms in total. The van der Waals surface area contributed by atoms with Crippen molar-refractivity contribution in [3.05, 3.63) is 65.7 Å². The molecule has 0 aliphatic rings. The van der Waals surface area contributed by atoms with Crippen LogP contribution in [0.5, 0.6) is 5.75 Å². The summed E-state index contributed by atoms with van der Waals surface area (Å²) in [5.41, 5.74) is 2.57. The first kappa shape index (κ1) is 14.4. The number of benzene rings is 2. The first-order valence-corrected chi connectivity index (χ1v) is 7.53. The second kappa shape index (κ2) is 7.63. The number of hydrogen-bond acceptors (Lipinski definition) is 1. The van der Waals surface area contributed by atoms with Crippen LogP contribution in [0.25, 0.3) is 0 Å². The summed E-state index contributed by atoms with van der Waals surface area (Å²) in [5, 5.41) is 1.17. The molecule has 0 amide bonds. The summed E-state index contributed by atoms with van der Waals surface area (Å²) in [6, 6.07) is 18.6. The van der Waals surface area contributed by atoms with Gasteiger partial charge in [0.15, 0.2) is 0 Å². The molecule has 2 rings (SSSR count). The SMILES string of the molecule is [Br-].[Zn+][CH2]c1cccc(OCc2ccccc2)c1. The molecule has 0 radical (unpaired) electrons. The Morgan fingerprint density at radius 3 is 2.29 bits per heavy atom. The molecule has 0 aromatic heterocycles. The molecule has 2 aromatic rings. The molecule has 0 spiro atoms. The van der Waals surface area contributed by atoms with Crippen molar-refractivity contribution in [3.63, 3.8) is 0 Å². The molecule has 0 atom stereocenters. The predicted molar refractivity (Wildman–Crippen MR) is 60.9 cm³/mol. The van der Waals surface area contributed by atoms with Crippen molar-refractivity contribution in [2.75, 3.05) is 0 Å². The normalized spacial score (nSPS) is 9.53. The topological polar surface area (TPSA) is 9.23 Å². The molecule has 0 aliphatic carbocycles. The molecule has 3 heteroatoms.